The van der Waals surface area contributed by atoms with Gasteiger partial charge in [-0.2, -0.15) is 0 Å². The highest BCUT2D eigenvalue weighted by atomic mass is 35.5. The summed E-state index contributed by atoms with van der Waals surface area (Å²) in [4.78, 5) is 23.4. The van der Waals surface area contributed by atoms with Crippen LogP contribution in [-0.4, -0.2) is 65.3 Å². The number of aliphatic hydroxyl groups is 1. The summed E-state index contributed by atoms with van der Waals surface area (Å²) in [6, 6.07) is 12.8. The number of nitrogens with zero attached hydrogens (tertiary/aromatic N) is 3. The average Bonchev–Trinajstić information content (AvgIpc) is 3.02. The minimum absolute atomic E-state index is 0.0796. The smallest absolute Gasteiger partial charge is 0.248 e. The summed E-state index contributed by atoms with van der Waals surface area (Å²) in [5.41, 5.74) is 6.93. The van der Waals surface area contributed by atoms with Crippen LogP contribution in [0.3, 0.4) is 0 Å². The molecule has 0 atom stereocenters. The van der Waals surface area contributed by atoms with Gasteiger partial charge in [-0.3, -0.25) is 9.69 Å². The van der Waals surface area contributed by atoms with Crippen molar-refractivity contribution in [3.05, 3.63) is 89.0 Å². The zero-order valence-electron chi connectivity index (χ0n) is 25.8. The van der Waals surface area contributed by atoms with Gasteiger partial charge in [0.1, 0.15) is 36.1 Å². The van der Waals surface area contributed by atoms with Crippen molar-refractivity contribution in [2.75, 3.05) is 44.8 Å². The molecule has 1 aliphatic rings. The molecule has 4 aromatic rings. The number of primary amides is 1. The average molecular weight is 650 g/mol. The number of nitrogens with two attached hydrogens (primary N) is 1. The number of hydrogen-bond donors (Lipinski definition) is 3. The number of carbonyl (C=O) groups is 1. The summed E-state index contributed by atoms with van der Waals surface area (Å²) in [7, 11) is 0. The quantitative estimate of drug-likeness (QED) is 0.126. The molecule has 1 saturated heterocycles. The first-order chi connectivity index (χ1) is 22.0. The number of fused-ring (bicyclic) bond motifs is 1. The second kappa shape index (κ2) is 14.4. The third-order valence-corrected chi connectivity index (χ3v) is 7.90. The molecule has 0 bridgehead atoms. The zero-order valence-corrected chi connectivity index (χ0v) is 26.6. The molecule has 2 heterocycles. The van der Waals surface area contributed by atoms with Gasteiger partial charge < -0.3 is 30.4 Å². The second-order valence-corrected chi connectivity index (χ2v) is 11.9. The largest absolute Gasteiger partial charge is 0.493 e. The second-order valence-electron chi connectivity index (χ2n) is 11.5. The lowest BCUT2D eigenvalue weighted by Gasteiger charge is -2.26. The van der Waals surface area contributed by atoms with Crippen molar-refractivity contribution in [3.8, 4) is 11.5 Å². The number of morpholine rings is 1. The molecule has 0 spiro atoms. The van der Waals surface area contributed by atoms with Crippen molar-refractivity contribution in [2.45, 2.75) is 32.5 Å². The zero-order chi connectivity index (χ0) is 32.8. The van der Waals surface area contributed by atoms with Crippen LogP contribution in [-0.2, 0) is 21.7 Å². The maximum atomic E-state index is 13.7. The Kier molecular flexibility index (Phi) is 10.4. The van der Waals surface area contributed by atoms with Gasteiger partial charge in [0.2, 0.25) is 5.91 Å². The molecule has 1 amide bonds. The maximum Gasteiger partial charge on any atom is 0.248 e. The summed E-state index contributed by atoms with van der Waals surface area (Å²) in [5, 5.41) is 15.2. The summed E-state index contributed by atoms with van der Waals surface area (Å²) >= 11 is 6.62. The summed E-state index contributed by atoms with van der Waals surface area (Å²) in [5.74, 6) is 0.0803. The van der Waals surface area contributed by atoms with Gasteiger partial charge in [0.05, 0.1) is 36.0 Å². The molecular weight excluding hydrogens is 613 g/mol. The predicted octanol–water partition coefficient (Wildman–Crippen LogP) is 5.57. The molecule has 3 aromatic carbocycles. The molecule has 1 fully saturated rings. The van der Waals surface area contributed by atoms with Gasteiger partial charge in [-0.05, 0) is 56.2 Å². The highest BCUT2D eigenvalue weighted by Gasteiger charge is 2.24. The van der Waals surface area contributed by atoms with E-state index >= 15 is 0 Å². The van der Waals surface area contributed by atoms with E-state index in [0.29, 0.717) is 57.2 Å². The van der Waals surface area contributed by atoms with Crippen LogP contribution in [0.1, 0.15) is 37.0 Å². The first-order valence-corrected chi connectivity index (χ1v) is 15.3. The van der Waals surface area contributed by atoms with E-state index in [1.54, 1.807) is 50.2 Å². The van der Waals surface area contributed by atoms with E-state index in [1.165, 1.54) is 18.5 Å². The maximum absolute atomic E-state index is 13.7. The van der Waals surface area contributed by atoms with Gasteiger partial charge in [0.25, 0.3) is 0 Å². The standard InChI is InChI=1S/C34H37ClFN5O5/c1-21(32(37)42)24-15-25-28(18-30(24)45-11-5-8-41-9-12-44-13-10-41)38-20-39-33(25)40-29-17-27(35)31(16-26(29)34(2,3)43)46-19-22-6-4-7-23(36)14-22/h4,6-7,14-18,20,43H,1,5,8-13,19H2,2-3H3,(H2,37,42)(H,38,39,40). The SMILES string of the molecule is C=C(C(N)=O)c1cc2c(Nc3cc(Cl)c(OCc4cccc(F)c4)cc3C(C)(C)O)ncnc2cc1OCCCN1CCOCC1. The molecule has 0 radical (unpaired) electrons. The Hall–Kier alpha value is -4.29. The number of benzene rings is 3. The fraction of sp³-hybridized carbons (Fsp3) is 0.324. The number of ether oxygens (including phenoxy) is 3. The van der Waals surface area contributed by atoms with Gasteiger partial charge in [0, 0.05) is 53.5 Å². The first-order valence-electron chi connectivity index (χ1n) is 14.9. The Labute approximate surface area is 271 Å². The third kappa shape index (κ3) is 8.10. The number of aromatic nitrogens is 2. The molecule has 1 aromatic heterocycles. The molecule has 0 saturated carbocycles. The molecule has 46 heavy (non-hydrogen) atoms. The Morgan fingerprint density at radius 1 is 1.15 bits per heavy atom. The number of rotatable bonds is 13. The number of hydrogen-bond acceptors (Lipinski definition) is 9. The van der Waals surface area contributed by atoms with Crippen molar-refractivity contribution in [1.29, 1.82) is 0 Å². The number of nitrogens with one attached hydrogen (secondary N) is 1. The Morgan fingerprint density at radius 3 is 2.65 bits per heavy atom. The van der Waals surface area contributed by atoms with E-state index < -0.39 is 11.5 Å². The van der Waals surface area contributed by atoms with Crippen LogP contribution in [0.5, 0.6) is 11.5 Å². The molecular formula is C34H37ClFN5O5. The lowest BCUT2D eigenvalue weighted by molar-refractivity contribution is -0.112. The van der Waals surface area contributed by atoms with Gasteiger partial charge in [-0.1, -0.05) is 30.3 Å². The molecule has 1 aliphatic heterocycles. The van der Waals surface area contributed by atoms with E-state index in [2.05, 4.69) is 26.8 Å². The van der Waals surface area contributed by atoms with Crippen LogP contribution in [0.25, 0.3) is 16.5 Å². The van der Waals surface area contributed by atoms with E-state index in [1.807, 2.05) is 0 Å². The van der Waals surface area contributed by atoms with Crippen LogP contribution in [0.2, 0.25) is 5.02 Å². The number of amides is 1. The first kappa shape index (κ1) is 33.1. The lowest BCUT2D eigenvalue weighted by Crippen LogP contribution is -2.37. The van der Waals surface area contributed by atoms with Gasteiger partial charge in [-0.15, -0.1) is 0 Å². The molecule has 4 N–H and O–H groups in total. The lowest BCUT2D eigenvalue weighted by atomic mass is 9.95. The van der Waals surface area contributed by atoms with Gasteiger partial charge >= 0.3 is 0 Å². The Bertz CT molecular complexity index is 1740. The molecule has 5 rings (SSSR count). The van der Waals surface area contributed by atoms with Crippen LogP contribution < -0.4 is 20.5 Å². The van der Waals surface area contributed by atoms with E-state index in [-0.39, 0.29) is 23.0 Å². The Balaban J connectivity index is 1.43. The fourth-order valence-electron chi connectivity index (χ4n) is 5.16. The van der Waals surface area contributed by atoms with Crippen molar-refractivity contribution < 1.29 is 28.5 Å². The third-order valence-electron chi connectivity index (χ3n) is 7.61. The highest BCUT2D eigenvalue weighted by molar-refractivity contribution is 6.32. The number of anilines is 2. The van der Waals surface area contributed by atoms with E-state index in [9.17, 15) is 14.3 Å². The molecule has 12 heteroatoms. The van der Waals surface area contributed by atoms with Crippen molar-refractivity contribution >= 4 is 45.5 Å². The summed E-state index contributed by atoms with van der Waals surface area (Å²) < 4.78 is 31.1. The highest BCUT2D eigenvalue weighted by Crippen LogP contribution is 2.40. The molecule has 10 nitrogen and oxygen atoms in total. The summed E-state index contributed by atoms with van der Waals surface area (Å²) in [6.45, 7) is 11.7. The minimum Gasteiger partial charge on any atom is -0.493 e. The van der Waals surface area contributed by atoms with Crippen LogP contribution in [0, 0.1) is 5.82 Å². The van der Waals surface area contributed by atoms with Gasteiger partial charge in [0.15, 0.2) is 0 Å². The van der Waals surface area contributed by atoms with Crippen molar-refractivity contribution in [3.63, 3.8) is 0 Å². The number of carbonyl (C=O) groups excluding carboxylic acids is 1. The monoisotopic (exact) mass is 649 g/mol. The van der Waals surface area contributed by atoms with Crippen LogP contribution in [0.4, 0.5) is 15.9 Å². The van der Waals surface area contributed by atoms with E-state index in [0.717, 1.165) is 39.3 Å². The number of halogens is 2. The Morgan fingerprint density at radius 2 is 1.93 bits per heavy atom. The molecule has 242 valence electrons. The van der Waals surface area contributed by atoms with E-state index in [4.69, 9.17) is 31.5 Å². The molecule has 0 aliphatic carbocycles. The molecule has 0 unspecified atom stereocenters. The minimum atomic E-state index is -1.32. The fourth-order valence-corrected chi connectivity index (χ4v) is 5.37. The van der Waals surface area contributed by atoms with Crippen molar-refractivity contribution in [1.82, 2.24) is 14.9 Å². The van der Waals surface area contributed by atoms with Crippen LogP contribution >= 0.6 is 11.6 Å². The van der Waals surface area contributed by atoms with Crippen molar-refractivity contribution in [2.24, 2.45) is 5.73 Å². The topological polar surface area (TPSA) is 132 Å². The summed E-state index contributed by atoms with van der Waals surface area (Å²) in [6.07, 6.45) is 2.18. The normalized spacial score (nSPS) is 13.8. The predicted molar refractivity (Wildman–Crippen MR) is 176 cm³/mol. The van der Waals surface area contributed by atoms with Crippen LogP contribution in [0.15, 0.2) is 61.4 Å². The van der Waals surface area contributed by atoms with Gasteiger partial charge in [-0.25, -0.2) is 14.4 Å².